The Balaban J connectivity index is 0.00000136. The van der Waals surface area contributed by atoms with Gasteiger partial charge < -0.3 is 10.2 Å². The number of carbonyl (C=O) groups is 1. The van der Waals surface area contributed by atoms with Crippen LogP contribution in [0, 0.1) is 6.92 Å². The first-order valence-electron chi connectivity index (χ1n) is 9.93. The van der Waals surface area contributed by atoms with Crippen LogP contribution in [0.4, 0.5) is 11.6 Å². The van der Waals surface area contributed by atoms with E-state index in [1.54, 1.807) is 6.20 Å². The summed E-state index contributed by atoms with van der Waals surface area (Å²) in [6.45, 7) is 13.9. The molecule has 1 fully saturated rings. The normalized spacial score (nSPS) is 14.0. The second-order valence-corrected chi connectivity index (χ2v) is 6.47. The van der Waals surface area contributed by atoms with Crippen LogP contribution in [-0.2, 0) is 11.2 Å². The fraction of sp³-hybridized carbons (Fsp3) is 0.409. The van der Waals surface area contributed by atoms with E-state index >= 15 is 0 Å². The number of piperazine rings is 1. The van der Waals surface area contributed by atoms with Gasteiger partial charge in [-0.2, -0.15) is 0 Å². The first-order chi connectivity index (χ1) is 13.6. The minimum absolute atomic E-state index is 0.0294. The molecule has 6 nitrogen and oxygen atoms in total. The van der Waals surface area contributed by atoms with Crippen molar-refractivity contribution in [2.45, 2.75) is 27.2 Å². The molecule has 1 saturated heterocycles. The lowest BCUT2D eigenvalue weighted by molar-refractivity contribution is -0.127. The third-order valence-electron chi connectivity index (χ3n) is 4.55. The highest BCUT2D eigenvalue weighted by molar-refractivity contribution is 5.87. The SMILES string of the molecule is C=CC(=O)N1CCN(CCc2cccc(Nc3nccc(C)n3)c2)CC1.CC. The summed E-state index contributed by atoms with van der Waals surface area (Å²) in [5.74, 6) is 0.645. The van der Waals surface area contributed by atoms with Gasteiger partial charge in [0.05, 0.1) is 0 Å². The molecule has 3 rings (SSSR count). The van der Waals surface area contributed by atoms with E-state index in [0.717, 1.165) is 50.5 Å². The van der Waals surface area contributed by atoms with Crippen molar-refractivity contribution in [3.05, 3.63) is 60.4 Å². The summed E-state index contributed by atoms with van der Waals surface area (Å²) in [4.78, 5) is 24.5. The van der Waals surface area contributed by atoms with Crippen LogP contribution in [0.15, 0.2) is 49.2 Å². The highest BCUT2D eigenvalue weighted by atomic mass is 16.2. The smallest absolute Gasteiger partial charge is 0.246 e. The molecule has 150 valence electrons. The number of nitrogens with zero attached hydrogens (tertiary/aromatic N) is 4. The number of benzene rings is 1. The second kappa shape index (κ2) is 11.2. The van der Waals surface area contributed by atoms with Gasteiger partial charge in [0.15, 0.2) is 0 Å². The maximum Gasteiger partial charge on any atom is 0.246 e. The molecule has 1 aliphatic heterocycles. The summed E-state index contributed by atoms with van der Waals surface area (Å²) in [7, 11) is 0. The molecule has 0 aliphatic carbocycles. The van der Waals surface area contributed by atoms with Crippen molar-refractivity contribution >= 4 is 17.5 Å². The number of rotatable bonds is 6. The summed E-state index contributed by atoms with van der Waals surface area (Å²) in [5.41, 5.74) is 3.20. The minimum atomic E-state index is 0.0294. The number of hydrogen-bond acceptors (Lipinski definition) is 5. The lowest BCUT2D eigenvalue weighted by atomic mass is 10.1. The van der Waals surface area contributed by atoms with Crippen LogP contribution in [0.1, 0.15) is 25.1 Å². The third-order valence-corrected chi connectivity index (χ3v) is 4.55. The van der Waals surface area contributed by atoms with Crippen LogP contribution in [0.25, 0.3) is 0 Å². The highest BCUT2D eigenvalue weighted by Gasteiger charge is 2.18. The van der Waals surface area contributed by atoms with E-state index in [9.17, 15) is 4.79 Å². The van der Waals surface area contributed by atoms with Crippen molar-refractivity contribution in [1.82, 2.24) is 19.8 Å². The third kappa shape index (κ3) is 6.46. The second-order valence-electron chi connectivity index (χ2n) is 6.47. The number of anilines is 2. The Morgan fingerprint density at radius 1 is 1.21 bits per heavy atom. The van der Waals surface area contributed by atoms with Crippen molar-refractivity contribution in [2.75, 3.05) is 38.0 Å². The zero-order valence-electron chi connectivity index (χ0n) is 17.2. The van der Waals surface area contributed by atoms with Crippen LogP contribution < -0.4 is 5.32 Å². The molecule has 28 heavy (non-hydrogen) atoms. The van der Waals surface area contributed by atoms with Crippen LogP contribution in [0.5, 0.6) is 0 Å². The monoisotopic (exact) mass is 381 g/mol. The van der Waals surface area contributed by atoms with Gasteiger partial charge in [-0.05, 0) is 43.2 Å². The molecule has 2 heterocycles. The van der Waals surface area contributed by atoms with E-state index < -0.39 is 0 Å². The zero-order chi connectivity index (χ0) is 20.4. The van der Waals surface area contributed by atoms with Crippen molar-refractivity contribution in [3.63, 3.8) is 0 Å². The molecule has 1 aromatic heterocycles. The van der Waals surface area contributed by atoms with Gasteiger partial charge in [-0.25, -0.2) is 9.97 Å². The summed E-state index contributed by atoms with van der Waals surface area (Å²) in [6, 6.07) is 10.2. The number of amides is 1. The number of aryl methyl sites for hydroxylation is 1. The lowest BCUT2D eigenvalue weighted by Crippen LogP contribution is -2.48. The predicted octanol–water partition coefficient (Wildman–Crippen LogP) is 3.43. The largest absolute Gasteiger partial charge is 0.337 e. The van der Waals surface area contributed by atoms with Crippen LogP contribution in [0.2, 0.25) is 0 Å². The molecule has 1 N–H and O–H groups in total. The first kappa shape index (κ1) is 21.6. The standard InChI is InChI=1S/C20H25N5O.C2H6/c1-3-19(26)25-13-11-24(12-14-25)10-8-17-5-4-6-18(15-17)23-20-21-9-7-16(2)22-20;1-2/h3-7,9,15H,1,8,10-14H2,2H3,(H,21,22,23);1-2H3. The first-order valence-corrected chi connectivity index (χ1v) is 9.93. The van der Waals surface area contributed by atoms with Gasteiger partial charge >= 0.3 is 0 Å². The van der Waals surface area contributed by atoms with E-state index in [-0.39, 0.29) is 5.91 Å². The molecule has 0 unspecified atom stereocenters. The maximum absolute atomic E-state index is 11.6. The fourth-order valence-corrected chi connectivity index (χ4v) is 3.05. The highest BCUT2D eigenvalue weighted by Crippen LogP contribution is 2.16. The van der Waals surface area contributed by atoms with E-state index in [1.807, 2.05) is 43.9 Å². The average Bonchev–Trinajstić information content (AvgIpc) is 2.74. The molecule has 6 heteroatoms. The summed E-state index contributed by atoms with van der Waals surface area (Å²) < 4.78 is 0. The Labute approximate surface area is 168 Å². The predicted molar refractivity (Wildman–Crippen MR) is 115 cm³/mol. The lowest BCUT2D eigenvalue weighted by Gasteiger charge is -2.34. The summed E-state index contributed by atoms with van der Waals surface area (Å²) in [6.07, 6.45) is 4.12. The summed E-state index contributed by atoms with van der Waals surface area (Å²) >= 11 is 0. The molecule has 1 aliphatic rings. The van der Waals surface area contributed by atoms with Gasteiger partial charge in [0, 0.05) is 50.3 Å². The van der Waals surface area contributed by atoms with Gasteiger partial charge in [0.1, 0.15) is 0 Å². The van der Waals surface area contributed by atoms with Gasteiger partial charge in [0.2, 0.25) is 11.9 Å². The molecule has 0 bridgehead atoms. The Morgan fingerprint density at radius 2 is 1.96 bits per heavy atom. The van der Waals surface area contributed by atoms with Crippen LogP contribution >= 0.6 is 0 Å². The fourth-order valence-electron chi connectivity index (χ4n) is 3.05. The van der Waals surface area contributed by atoms with Gasteiger partial charge in [-0.15, -0.1) is 0 Å². The molecule has 1 amide bonds. The van der Waals surface area contributed by atoms with E-state index in [0.29, 0.717) is 5.95 Å². The topological polar surface area (TPSA) is 61.4 Å². The van der Waals surface area contributed by atoms with Gasteiger partial charge in [-0.1, -0.05) is 32.6 Å². The Hall–Kier alpha value is -2.73. The molecule has 1 aromatic carbocycles. The maximum atomic E-state index is 11.6. The van der Waals surface area contributed by atoms with E-state index in [4.69, 9.17) is 0 Å². The van der Waals surface area contributed by atoms with Crippen molar-refractivity contribution in [1.29, 1.82) is 0 Å². The Morgan fingerprint density at radius 3 is 2.64 bits per heavy atom. The molecule has 0 radical (unpaired) electrons. The minimum Gasteiger partial charge on any atom is -0.337 e. The molecule has 0 atom stereocenters. The number of aromatic nitrogens is 2. The van der Waals surface area contributed by atoms with Crippen molar-refractivity contribution < 1.29 is 4.79 Å². The molecule has 2 aromatic rings. The molecule has 0 saturated carbocycles. The quantitative estimate of drug-likeness (QED) is 0.777. The van der Waals surface area contributed by atoms with Gasteiger partial charge in [0.25, 0.3) is 0 Å². The molecule has 0 spiro atoms. The van der Waals surface area contributed by atoms with Crippen LogP contribution in [-0.4, -0.2) is 58.4 Å². The Bertz CT molecular complexity index is 769. The van der Waals surface area contributed by atoms with Gasteiger partial charge in [-0.3, -0.25) is 9.69 Å². The summed E-state index contributed by atoms with van der Waals surface area (Å²) in [5, 5.41) is 3.26. The molecular formula is C22H31N5O. The van der Waals surface area contributed by atoms with Crippen molar-refractivity contribution in [2.24, 2.45) is 0 Å². The Kier molecular flexibility index (Phi) is 8.62. The van der Waals surface area contributed by atoms with Crippen LogP contribution in [0.3, 0.4) is 0 Å². The number of nitrogens with one attached hydrogen (secondary N) is 1. The van der Waals surface area contributed by atoms with E-state index in [2.05, 4.69) is 38.9 Å². The molecular weight excluding hydrogens is 350 g/mol. The van der Waals surface area contributed by atoms with Crippen molar-refractivity contribution in [3.8, 4) is 0 Å². The van der Waals surface area contributed by atoms with E-state index in [1.165, 1.54) is 11.6 Å². The number of hydrogen-bond donors (Lipinski definition) is 1. The number of carbonyl (C=O) groups excluding carboxylic acids is 1. The zero-order valence-corrected chi connectivity index (χ0v) is 17.2. The average molecular weight is 382 g/mol.